The van der Waals surface area contributed by atoms with E-state index < -0.39 is 54.6 Å². The third-order valence-corrected chi connectivity index (χ3v) is 5.76. The number of aliphatic hydroxyl groups excluding tert-OH is 1. The summed E-state index contributed by atoms with van der Waals surface area (Å²) in [6.45, 7) is 7.38. The van der Waals surface area contributed by atoms with Crippen LogP contribution in [0.5, 0.6) is 0 Å². The Kier molecular flexibility index (Phi) is 16.0. The first-order chi connectivity index (χ1) is 17.3. The van der Waals surface area contributed by atoms with Gasteiger partial charge in [-0.3, -0.25) is 19.2 Å². The molecule has 0 aromatic rings. The van der Waals surface area contributed by atoms with Crippen molar-refractivity contribution in [3.05, 3.63) is 0 Å². The van der Waals surface area contributed by atoms with E-state index in [2.05, 4.69) is 0 Å². The number of aliphatic hydroxyl groups is 1. The standard InChI is InChI=1S/C26H44O10/c1-5-9-13-19(27)32-17-18-23(34-20(28)14-10-6-2)24(35-21(29)15-11-7-3)25(26(31)33-18)36-22(30)16-12-8-4/h18,23-26,31H,5-17H2,1-4H3/t18-,23-,24+,25+,26-/m1/s1. The van der Waals surface area contributed by atoms with Crippen molar-refractivity contribution in [2.24, 2.45) is 0 Å². The number of carbonyl (C=O) groups excluding carboxylic acids is 4. The van der Waals surface area contributed by atoms with Gasteiger partial charge < -0.3 is 28.8 Å². The zero-order valence-corrected chi connectivity index (χ0v) is 22.2. The molecule has 10 heteroatoms. The summed E-state index contributed by atoms with van der Waals surface area (Å²) in [6, 6.07) is 0. The van der Waals surface area contributed by atoms with Crippen molar-refractivity contribution >= 4 is 23.9 Å². The lowest BCUT2D eigenvalue weighted by atomic mass is 9.98. The lowest BCUT2D eigenvalue weighted by Crippen LogP contribution is -2.62. The largest absolute Gasteiger partial charge is 0.463 e. The van der Waals surface area contributed by atoms with Gasteiger partial charge in [0.1, 0.15) is 12.7 Å². The Morgan fingerprint density at radius 2 is 1.00 bits per heavy atom. The van der Waals surface area contributed by atoms with E-state index in [1.54, 1.807) is 0 Å². The predicted molar refractivity (Wildman–Crippen MR) is 130 cm³/mol. The third-order valence-electron chi connectivity index (χ3n) is 5.76. The summed E-state index contributed by atoms with van der Waals surface area (Å²) in [4.78, 5) is 49.6. The highest BCUT2D eigenvalue weighted by Crippen LogP contribution is 2.29. The van der Waals surface area contributed by atoms with Crippen LogP contribution in [-0.4, -0.2) is 66.3 Å². The van der Waals surface area contributed by atoms with Crippen molar-refractivity contribution in [3.63, 3.8) is 0 Å². The molecule has 0 aromatic heterocycles. The van der Waals surface area contributed by atoms with Gasteiger partial charge in [0.15, 0.2) is 24.6 Å². The number of esters is 4. The molecule has 1 aliphatic heterocycles. The van der Waals surface area contributed by atoms with E-state index in [9.17, 15) is 24.3 Å². The molecule has 1 fully saturated rings. The Morgan fingerprint density at radius 3 is 1.44 bits per heavy atom. The molecule has 0 unspecified atom stereocenters. The van der Waals surface area contributed by atoms with Crippen molar-refractivity contribution in [3.8, 4) is 0 Å². The monoisotopic (exact) mass is 516 g/mol. The lowest BCUT2D eigenvalue weighted by Gasteiger charge is -2.43. The van der Waals surface area contributed by atoms with Crippen LogP contribution in [-0.2, 0) is 42.9 Å². The second kappa shape index (κ2) is 18.1. The molecule has 36 heavy (non-hydrogen) atoms. The minimum absolute atomic E-state index is 0.105. The molecule has 1 saturated heterocycles. The van der Waals surface area contributed by atoms with Crippen molar-refractivity contribution in [2.75, 3.05) is 6.61 Å². The molecule has 208 valence electrons. The Labute approximate surface area is 214 Å². The topological polar surface area (TPSA) is 135 Å². The average Bonchev–Trinajstić information content (AvgIpc) is 2.86. The smallest absolute Gasteiger partial charge is 0.306 e. The van der Waals surface area contributed by atoms with E-state index in [0.29, 0.717) is 25.7 Å². The maximum Gasteiger partial charge on any atom is 0.306 e. The van der Waals surface area contributed by atoms with Gasteiger partial charge >= 0.3 is 23.9 Å². The Balaban J connectivity index is 3.19. The third kappa shape index (κ3) is 11.7. The number of carbonyl (C=O) groups is 4. The molecular formula is C26H44O10. The highest BCUT2D eigenvalue weighted by Gasteiger charge is 2.52. The molecule has 0 aromatic carbocycles. The maximum atomic E-state index is 12.6. The van der Waals surface area contributed by atoms with E-state index in [4.69, 9.17) is 23.7 Å². The molecule has 0 amide bonds. The van der Waals surface area contributed by atoms with Gasteiger partial charge in [-0.15, -0.1) is 0 Å². The van der Waals surface area contributed by atoms with E-state index in [0.717, 1.165) is 25.7 Å². The van der Waals surface area contributed by atoms with Crippen molar-refractivity contribution in [2.45, 2.75) is 135 Å². The summed E-state index contributed by atoms with van der Waals surface area (Å²) < 4.78 is 27.6. The Hall–Kier alpha value is -2.20. The van der Waals surface area contributed by atoms with Gasteiger partial charge in [0.05, 0.1) is 0 Å². The fraction of sp³-hybridized carbons (Fsp3) is 0.846. The molecular weight excluding hydrogens is 472 g/mol. The first kappa shape index (κ1) is 31.8. The maximum absolute atomic E-state index is 12.6. The summed E-state index contributed by atoms with van der Waals surface area (Å²) in [6.07, 6.45) is -0.750. The van der Waals surface area contributed by atoms with Crippen LogP contribution in [0.2, 0.25) is 0 Å². The highest BCUT2D eigenvalue weighted by molar-refractivity contribution is 5.72. The van der Waals surface area contributed by atoms with Crippen LogP contribution in [0, 0.1) is 0 Å². The van der Waals surface area contributed by atoms with Gasteiger partial charge in [0.25, 0.3) is 0 Å². The molecule has 10 nitrogen and oxygen atoms in total. The van der Waals surface area contributed by atoms with Gasteiger partial charge in [-0.2, -0.15) is 0 Å². The van der Waals surface area contributed by atoms with E-state index in [1.807, 2.05) is 27.7 Å². The van der Waals surface area contributed by atoms with Crippen LogP contribution in [0.3, 0.4) is 0 Å². The molecule has 1 N–H and O–H groups in total. The van der Waals surface area contributed by atoms with Crippen LogP contribution in [0.1, 0.15) is 105 Å². The summed E-state index contributed by atoms with van der Waals surface area (Å²) >= 11 is 0. The van der Waals surface area contributed by atoms with Crippen LogP contribution in [0.25, 0.3) is 0 Å². The zero-order valence-electron chi connectivity index (χ0n) is 22.2. The second-order valence-corrected chi connectivity index (χ2v) is 9.03. The SMILES string of the molecule is CCCCC(=O)OC[C@H]1O[C@@H](O)[C@@H](OC(=O)CCCC)[C@@H](OC(=O)CCCC)[C@@H]1OC(=O)CCCC. The number of rotatable bonds is 17. The normalized spacial score (nSPS) is 23.5. The molecule has 0 aliphatic carbocycles. The summed E-state index contributed by atoms with van der Waals surface area (Å²) in [5, 5.41) is 10.7. The van der Waals surface area contributed by atoms with E-state index in [1.165, 1.54) is 0 Å². The van der Waals surface area contributed by atoms with Gasteiger partial charge in [0.2, 0.25) is 0 Å². The van der Waals surface area contributed by atoms with Crippen LogP contribution >= 0.6 is 0 Å². The van der Waals surface area contributed by atoms with Crippen LogP contribution in [0.4, 0.5) is 0 Å². The summed E-state index contributed by atoms with van der Waals surface area (Å²) in [5.41, 5.74) is 0. The van der Waals surface area contributed by atoms with Gasteiger partial charge in [-0.25, -0.2) is 0 Å². The number of hydrogen-bond donors (Lipinski definition) is 1. The molecule has 0 spiro atoms. The first-order valence-electron chi connectivity index (χ1n) is 13.3. The van der Waals surface area contributed by atoms with E-state index in [-0.39, 0.29) is 32.3 Å². The number of unbranched alkanes of at least 4 members (excludes halogenated alkanes) is 4. The molecule has 1 rings (SSSR count). The minimum Gasteiger partial charge on any atom is -0.463 e. The predicted octanol–water partition coefficient (Wildman–Crippen LogP) is 3.74. The molecule has 1 aliphatic rings. The van der Waals surface area contributed by atoms with E-state index >= 15 is 0 Å². The molecule has 5 atom stereocenters. The minimum atomic E-state index is -1.68. The fourth-order valence-electron chi connectivity index (χ4n) is 3.60. The van der Waals surface area contributed by atoms with Gasteiger partial charge in [-0.05, 0) is 25.7 Å². The molecule has 0 bridgehead atoms. The van der Waals surface area contributed by atoms with Crippen molar-refractivity contribution in [1.29, 1.82) is 0 Å². The quantitative estimate of drug-likeness (QED) is 0.225. The Morgan fingerprint density at radius 1 is 0.611 bits per heavy atom. The highest BCUT2D eigenvalue weighted by atomic mass is 16.7. The average molecular weight is 517 g/mol. The van der Waals surface area contributed by atoms with Crippen molar-refractivity contribution in [1.82, 2.24) is 0 Å². The second-order valence-electron chi connectivity index (χ2n) is 9.03. The van der Waals surface area contributed by atoms with Crippen LogP contribution < -0.4 is 0 Å². The molecule has 1 heterocycles. The molecule has 0 saturated carbocycles. The number of hydrogen-bond acceptors (Lipinski definition) is 10. The van der Waals surface area contributed by atoms with Gasteiger partial charge in [-0.1, -0.05) is 53.4 Å². The van der Waals surface area contributed by atoms with Crippen molar-refractivity contribution < 1.29 is 48.0 Å². The number of ether oxygens (including phenoxy) is 5. The Bertz CT molecular complexity index is 680. The van der Waals surface area contributed by atoms with Crippen LogP contribution in [0.15, 0.2) is 0 Å². The summed E-state index contributed by atoms with van der Waals surface area (Å²) in [7, 11) is 0. The molecule has 0 radical (unpaired) electrons. The first-order valence-corrected chi connectivity index (χ1v) is 13.3. The lowest BCUT2D eigenvalue weighted by molar-refractivity contribution is -0.297. The fourth-order valence-corrected chi connectivity index (χ4v) is 3.60. The van der Waals surface area contributed by atoms with Gasteiger partial charge in [0, 0.05) is 25.7 Å². The zero-order chi connectivity index (χ0) is 26.9. The summed E-state index contributed by atoms with van der Waals surface area (Å²) in [5.74, 6) is -2.20.